The Morgan fingerprint density at radius 2 is 2.00 bits per heavy atom. The molecule has 2 aromatic heterocycles. The number of hydrogen-bond donors (Lipinski definition) is 2. The Morgan fingerprint density at radius 3 is 2.73 bits per heavy atom. The van der Waals surface area contributed by atoms with Crippen LogP contribution in [0.25, 0.3) is 11.3 Å². The van der Waals surface area contributed by atoms with Crippen molar-refractivity contribution in [2.24, 2.45) is 5.92 Å². The largest absolute Gasteiger partial charge is 0.490 e. The maximum atomic E-state index is 13.1. The molecule has 0 aliphatic carbocycles. The number of rotatable bonds is 7. The Balaban J connectivity index is 1.56. The van der Waals surface area contributed by atoms with Crippen molar-refractivity contribution in [1.82, 2.24) is 25.3 Å². The third kappa shape index (κ3) is 4.65. The maximum absolute atomic E-state index is 13.1. The summed E-state index contributed by atoms with van der Waals surface area (Å²) in [6.07, 6.45) is 2.65. The predicted octanol–water partition coefficient (Wildman–Crippen LogP) is 4.36. The van der Waals surface area contributed by atoms with E-state index in [1.54, 1.807) is 12.1 Å². The van der Waals surface area contributed by atoms with E-state index in [9.17, 15) is 4.79 Å². The zero-order valence-electron chi connectivity index (χ0n) is 19.6. The highest BCUT2D eigenvalue weighted by Gasteiger charge is 2.24. The van der Waals surface area contributed by atoms with Crippen molar-refractivity contribution in [3.8, 4) is 22.8 Å². The highest BCUT2D eigenvalue weighted by Crippen LogP contribution is 2.34. The van der Waals surface area contributed by atoms with Gasteiger partial charge in [0.25, 0.3) is 5.91 Å². The Labute approximate surface area is 194 Å². The number of allylic oxidation sites excluding steroid dienone is 1. The minimum Gasteiger partial charge on any atom is -0.490 e. The number of aromatic amines is 1. The van der Waals surface area contributed by atoms with Crippen LogP contribution in [0.4, 0.5) is 0 Å². The Bertz CT molecular complexity index is 1160. The van der Waals surface area contributed by atoms with Crippen LogP contribution >= 0.6 is 0 Å². The van der Waals surface area contributed by atoms with E-state index in [2.05, 4.69) is 41.0 Å². The van der Waals surface area contributed by atoms with Gasteiger partial charge in [-0.2, -0.15) is 10.2 Å². The van der Waals surface area contributed by atoms with E-state index in [0.717, 1.165) is 40.4 Å². The molecule has 3 aromatic rings. The van der Waals surface area contributed by atoms with Crippen LogP contribution in [0.3, 0.4) is 0 Å². The number of hydrogen-bond acceptors (Lipinski definition) is 5. The molecular weight excluding hydrogens is 418 g/mol. The van der Waals surface area contributed by atoms with Crippen molar-refractivity contribution in [1.29, 1.82) is 0 Å². The van der Waals surface area contributed by atoms with Gasteiger partial charge in [-0.15, -0.1) is 6.58 Å². The molecule has 33 heavy (non-hydrogen) atoms. The van der Waals surface area contributed by atoms with Gasteiger partial charge in [-0.1, -0.05) is 26.0 Å². The molecule has 4 rings (SSSR count). The third-order valence-electron chi connectivity index (χ3n) is 5.85. The predicted molar refractivity (Wildman–Crippen MR) is 127 cm³/mol. The number of benzene rings is 1. The molecule has 0 spiro atoms. The number of carbonyl (C=O) groups is 1. The topological polar surface area (TPSA) is 94.1 Å². The van der Waals surface area contributed by atoms with Gasteiger partial charge in [0.2, 0.25) is 0 Å². The van der Waals surface area contributed by atoms with Crippen LogP contribution in [-0.2, 0) is 6.54 Å². The summed E-state index contributed by atoms with van der Waals surface area (Å²) in [4.78, 5) is 13.1. The smallest absolute Gasteiger partial charge is 0.269 e. The highest BCUT2D eigenvalue weighted by molar-refractivity contribution is 5.93. The Kier molecular flexibility index (Phi) is 6.53. The lowest BCUT2D eigenvalue weighted by Gasteiger charge is -2.23. The summed E-state index contributed by atoms with van der Waals surface area (Å²) in [6, 6.07) is 7.44. The van der Waals surface area contributed by atoms with Gasteiger partial charge in [0.1, 0.15) is 5.69 Å². The Morgan fingerprint density at radius 1 is 1.24 bits per heavy atom. The lowest BCUT2D eigenvalue weighted by atomic mass is 9.95. The van der Waals surface area contributed by atoms with E-state index < -0.39 is 0 Å². The molecule has 0 saturated carbocycles. The number of ether oxygens (including phenoxy) is 2. The van der Waals surface area contributed by atoms with Gasteiger partial charge in [0, 0.05) is 17.7 Å². The molecule has 2 N–H and O–H groups in total. The van der Waals surface area contributed by atoms with Crippen LogP contribution in [0.2, 0.25) is 0 Å². The first-order chi connectivity index (χ1) is 15.9. The molecule has 0 fully saturated rings. The van der Waals surface area contributed by atoms with E-state index in [1.807, 2.05) is 36.7 Å². The minimum atomic E-state index is -0.214. The van der Waals surface area contributed by atoms with Gasteiger partial charge in [-0.3, -0.25) is 14.6 Å². The van der Waals surface area contributed by atoms with Crippen LogP contribution in [0.1, 0.15) is 53.7 Å². The number of carbonyl (C=O) groups excluding carboxylic acids is 1. The molecule has 1 aromatic carbocycles. The quantitative estimate of drug-likeness (QED) is 0.523. The summed E-state index contributed by atoms with van der Waals surface area (Å²) in [5.74, 6) is 1.42. The fraction of sp³-hybridized carbons (Fsp3) is 0.400. The number of nitrogens with one attached hydrogen (secondary N) is 2. The number of fused-ring (bicyclic) bond motifs is 1. The van der Waals surface area contributed by atoms with Crippen LogP contribution in [0.15, 0.2) is 36.9 Å². The lowest BCUT2D eigenvalue weighted by molar-refractivity contribution is 0.0920. The second-order valence-corrected chi connectivity index (χ2v) is 8.64. The monoisotopic (exact) mass is 449 g/mol. The van der Waals surface area contributed by atoms with Crippen LogP contribution in [0, 0.1) is 19.8 Å². The summed E-state index contributed by atoms with van der Waals surface area (Å²) < 4.78 is 13.5. The fourth-order valence-electron chi connectivity index (χ4n) is 4.16. The average Bonchev–Trinajstić information content (AvgIpc) is 3.27. The van der Waals surface area contributed by atoms with Gasteiger partial charge >= 0.3 is 0 Å². The van der Waals surface area contributed by atoms with Gasteiger partial charge in [0.15, 0.2) is 11.5 Å². The van der Waals surface area contributed by atoms with Crippen LogP contribution < -0.4 is 14.8 Å². The van der Waals surface area contributed by atoms with Crippen molar-refractivity contribution in [3.05, 3.63) is 59.6 Å². The van der Waals surface area contributed by atoms with E-state index in [0.29, 0.717) is 31.1 Å². The number of amides is 1. The van der Waals surface area contributed by atoms with Crippen molar-refractivity contribution >= 4 is 5.91 Å². The standard InChI is InChI=1S/C25H31N5O3/c1-6-10-30-17(5)23(16(4)29-30)19-14-20(28-27-19)25(31)26-24(15(2)3)18-8-9-21-22(13-18)33-12-7-11-32-21/h6,8-9,13-15,24H,1,7,10-12H2,2-5H3,(H,26,31)(H,27,28). The maximum Gasteiger partial charge on any atom is 0.269 e. The number of aromatic nitrogens is 4. The summed E-state index contributed by atoms with van der Waals surface area (Å²) >= 11 is 0. The van der Waals surface area contributed by atoms with Crippen molar-refractivity contribution in [2.75, 3.05) is 13.2 Å². The molecule has 1 aliphatic heterocycles. The van der Waals surface area contributed by atoms with Crippen molar-refractivity contribution in [3.63, 3.8) is 0 Å². The second-order valence-electron chi connectivity index (χ2n) is 8.64. The number of aryl methyl sites for hydroxylation is 1. The third-order valence-corrected chi connectivity index (χ3v) is 5.85. The SMILES string of the molecule is C=CCn1nc(C)c(-c2cc(C(=O)NC(c3ccc4c(c3)OCCCO4)C(C)C)[nH]n2)c1C. The zero-order valence-corrected chi connectivity index (χ0v) is 19.6. The van der Waals surface area contributed by atoms with E-state index in [1.165, 1.54) is 0 Å². The summed E-state index contributed by atoms with van der Waals surface area (Å²) in [5.41, 5.74) is 4.84. The van der Waals surface area contributed by atoms with Crippen LogP contribution in [0.5, 0.6) is 11.5 Å². The van der Waals surface area contributed by atoms with Crippen molar-refractivity contribution in [2.45, 2.75) is 46.7 Å². The van der Waals surface area contributed by atoms with E-state index >= 15 is 0 Å². The first kappa shape index (κ1) is 22.6. The van der Waals surface area contributed by atoms with E-state index in [4.69, 9.17) is 9.47 Å². The highest BCUT2D eigenvalue weighted by atomic mass is 16.5. The molecule has 0 radical (unpaired) electrons. The summed E-state index contributed by atoms with van der Waals surface area (Å²) in [7, 11) is 0. The number of nitrogens with zero attached hydrogens (tertiary/aromatic N) is 3. The zero-order chi connectivity index (χ0) is 23.5. The molecule has 1 unspecified atom stereocenters. The summed E-state index contributed by atoms with van der Waals surface area (Å²) in [6.45, 7) is 13.7. The molecule has 1 aliphatic rings. The van der Waals surface area contributed by atoms with Crippen LogP contribution in [-0.4, -0.2) is 39.1 Å². The van der Waals surface area contributed by atoms with Gasteiger partial charge in [-0.25, -0.2) is 0 Å². The molecular formula is C25H31N5O3. The van der Waals surface area contributed by atoms with Crippen molar-refractivity contribution < 1.29 is 14.3 Å². The molecule has 0 bridgehead atoms. The minimum absolute atomic E-state index is 0.169. The normalized spacial score (nSPS) is 14.1. The average molecular weight is 450 g/mol. The molecule has 3 heterocycles. The molecule has 1 amide bonds. The molecule has 8 nitrogen and oxygen atoms in total. The first-order valence-electron chi connectivity index (χ1n) is 11.3. The molecule has 174 valence electrons. The second kappa shape index (κ2) is 9.52. The van der Waals surface area contributed by atoms with Gasteiger partial charge < -0.3 is 14.8 Å². The molecule has 0 saturated heterocycles. The van der Waals surface area contributed by atoms with E-state index in [-0.39, 0.29) is 17.9 Å². The van der Waals surface area contributed by atoms with Gasteiger partial charge in [0.05, 0.1) is 37.2 Å². The van der Waals surface area contributed by atoms with Gasteiger partial charge in [-0.05, 0) is 43.5 Å². The summed E-state index contributed by atoms with van der Waals surface area (Å²) in [5, 5.41) is 15.0. The Hall–Kier alpha value is -3.55. The fourth-order valence-corrected chi connectivity index (χ4v) is 4.16. The lowest BCUT2D eigenvalue weighted by Crippen LogP contribution is -2.32. The molecule has 8 heteroatoms. The first-order valence-corrected chi connectivity index (χ1v) is 11.3. The number of H-pyrrole nitrogens is 1. The molecule has 1 atom stereocenters.